The number of carboxylic acids is 2. The molecule has 0 spiro atoms. The first-order valence-corrected chi connectivity index (χ1v) is 5.34. The number of allylic oxidation sites excluding steroid dienone is 4. The standard InChI is InChI=1S/C12H8N2O6/c15-11(16)7-3-1-5-13(19)9(7)10-8(12(17)18)4-2-6-14(10)20/h1-6H,(H,15,16)(H,17,18). The largest absolute Gasteiger partial charge is 0.754 e. The molecule has 8 heteroatoms. The molecule has 2 aliphatic heterocycles. The number of nitroso groups, excluding NO2 is 1. The zero-order valence-electron chi connectivity index (χ0n) is 9.89. The Morgan fingerprint density at radius 1 is 1.10 bits per heavy atom. The Labute approximate surface area is 112 Å². The van der Waals surface area contributed by atoms with Gasteiger partial charge in [0.1, 0.15) is 11.3 Å². The van der Waals surface area contributed by atoms with E-state index >= 15 is 0 Å². The van der Waals surface area contributed by atoms with E-state index < -0.39 is 34.5 Å². The van der Waals surface area contributed by atoms with Crippen molar-refractivity contribution >= 4 is 11.9 Å². The summed E-state index contributed by atoms with van der Waals surface area (Å²) in [5, 5.41) is 30.1. The van der Waals surface area contributed by atoms with E-state index in [2.05, 4.69) is 0 Å². The predicted molar refractivity (Wildman–Crippen MR) is 65.6 cm³/mol. The van der Waals surface area contributed by atoms with Crippen molar-refractivity contribution in [2.45, 2.75) is 0 Å². The fourth-order valence-corrected chi connectivity index (χ4v) is 1.79. The van der Waals surface area contributed by atoms with Crippen LogP contribution in [0.1, 0.15) is 0 Å². The molecule has 8 nitrogen and oxygen atoms in total. The quantitative estimate of drug-likeness (QED) is 0.717. The molecule has 0 aromatic heterocycles. The van der Waals surface area contributed by atoms with E-state index in [4.69, 9.17) is 10.2 Å². The molecule has 102 valence electrons. The van der Waals surface area contributed by atoms with Gasteiger partial charge in [0.15, 0.2) is 0 Å². The number of nitrogens with zero attached hydrogens (tertiary/aromatic N) is 2. The molecule has 0 saturated carbocycles. The minimum absolute atomic E-state index is 0.152. The second-order valence-electron chi connectivity index (χ2n) is 3.80. The smallest absolute Gasteiger partial charge is 0.342 e. The maximum absolute atomic E-state index is 11.8. The summed E-state index contributed by atoms with van der Waals surface area (Å²) in [6, 6.07) is 0. The summed E-state index contributed by atoms with van der Waals surface area (Å²) in [6.45, 7) is 0. The van der Waals surface area contributed by atoms with E-state index in [9.17, 15) is 19.7 Å². The van der Waals surface area contributed by atoms with Crippen molar-refractivity contribution in [3.8, 4) is 0 Å². The van der Waals surface area contributed by atoms with E-state index in [1.165, 1.54) is 12.2 Å². The molecule has 2 rings (SSSR count). The van der Waals surface area contributed by atoms with E-state index in [1.54, 1.807) is 0 Å². The molecule has 0 aromatic rings. The molecule has 0 aliphatic carbocycles. The summed E-state index contributed by atoms with van der Waals surface area (Å²) in [5.41, 5.74) is -1.96. The first-order chi connectivity index (χ1) is 9.43. The lowest BCUT2D eigenvalue weighted by molar-refractivity contribution is -0.422. The third-order valence-corrected chi connectivity index (χ3v) is 2.60. The molecule has 0 fully saturated rings. The molecule has 20 heavy (non-hydrogen) atoms. The first-order valence-electron chi connectivity index (χ1n) is 5.34. The predicted octanol–water partition coefficient (Wildman–Crippen LogP) is 0.853. The molecular formula is C12H8N2O6. The number of carbonyl (C=O) groups is 2. The van der Waals surface area contributed by atoms with Gasteiger partial charge >= 0.3 is 17.6 Å². The van der Waals surface area contributed by atoms with Gasteiger partial charge in [-0.25, -0.2) is 9.59 Å². The normalized spacial score (nSPS) is 21.6. The lowest BCUT2D eigenvalue weighted by atomic mass is 10.0. The van der Waals surface area contributed by atoms with Crippen LogP contribution in [-0.2, 0) is 9.59 Å². The van der Waals surface area contributed by atoms with Crippen molar-refractivity contribution in [3.05, 3.63) is 69.4 Å². The molecule has 2 N–H and O–H groups in total. The molecule has 0 amide bonds. The van der Waals surface area contributed by atoms with Gasteiger partial charge in [0.05, 0.1) is 10.3 Å². The number of aliphatic carboxylic acids is 2. The molecule has 0 atom stereocenters. The second-order valence-corrected chi connectivity index (χ2v) is 3.80. The van der Waals surface area contributed by atoms with Crippen LogP contribution in [0.4, 0.5) is 0 Å². The van der Waals surface area contributed by atoms with Crippen LogP contribution >= 0.6 is 0 Å². The SMILES string of the molecule is O=C(O)C1=CC=CN([O-])C1=C1C(C(=O)O)=CC=C[N+]1=O. The third kappa shape index (κ3) is 2.15. The van der Waals surface area contributed by atoms with Crippen LogP contribution in [0.5, 0.6) is 0 Å². The summed E-state index contributed by atoms with van der Waals surface area (Å²) in [7, 11) is 0. The number of hydrogen-bond donors (Lipinski definition) is 2. The van der Waals surface area contributed by atoms with Crippen molar-refractivity contribution in [1.82, 2.24) is 5.06 Å². The lowest BCUT2D eigenvalue weighted by Gasteiger charge is -2.31. The summed E-state index contributed by atoms with van der Waals surface area (Å²) < 4.78 is 0.152. The zero-order valence-corrected chi connectivity index (χ0v) is 9.89. The van der Waals surface area contributed by atoms with E-state index in [0.29, 0.717) is 0 Å². The average molecular weight is 276 g/mol. The van der Waals surface area contributed by atoms with Gasteiger partial charge in [-0.15, -0.1) is 0 Å². The van der Waals surface area contributed by atoms with Gasteiger partial charge in [-0.3, -0.25) is 0 Å². The van der Waals surface area contributed by atoms with Crippen molar-refractivity contribution in [2.24, 2.45) is 0 Å². The molecule has 0 saturated heterocycles. The Bertz CT molecular complexity index is 665. The minimum atomic E-state index is -1.44. The van der Waals surface area contributed by atoms with Gasteiger partial charge < -0.3 is 20.5 Å². The monoisotopic (exact) mass is 276 g/mol. The van der Waals surface area contributed by atoms with Crippen LogP contribution in [0, 0.1) is 10.1 Å². The van der Waals surface area contributed by atoms with E-state index in [0.717, 1.165) is 24.6 Å². The Morgan fingerprint density at radius 3 is 2.30 bits per heavy atom. The maximum atomic E-state index is 11.8. The highest BCUT2D eigenvalue weighted by Gasteiger charge is 2.36. The Kier molecular flexibility index (Phi) is 3.32. The Morgan fingerprint density at radius 2 is 1.70 bits per heavy atom. The van der Waals surface area contributed by atoms with Crippen molar-refractivity contribution in [2.75, 3.05) is 0 Å². The molecule has 2 aliphatic rings. The van der Waals surface area contributed by atoms with E-state index in [1.807, 2.05) is 0 Å². The minimum Gasteiger partial charge on any atom is -0.754 e. The van der Waals surface area contributed by atoms with E-state index in [-0.39, 0.29) is 9.82 Å². The van der Waals surface area contributed by atoms with Crippen molar-refractivity contribution in [3.63, 3.8) is 0 Å². The molecule has 2 heterocycles. The van der Waals surface area contributed by atoms with Gasteiger partial charge in [-0.1, -0.05) is 0 Å². The highest BCUT2D eigenvalue weighted by molar-refractivity contribution is 5.96. The third-order valence-electron chi connectivity index (χ3n) is 2.60. The average Bonchev–Trinajstić information content (AvgIpc) is 2.38. The van der Waals surface area contributed by atoms with Crippen molar-refractivity contribution < 1.29 is 24.6 Å². The van der Waals surface area contributed by atoms with Gasteiger partial charge in [0, 0.05) is 11.0 Å². The number of hydrogen-bond acceptors (Lipinski definition) is 5. The number of rotatable bonds is 2. The fraction of sp³-hybridized carbons (Fsp3) is 0. The zero-order chi connectivity index (χ0) is 14.9. The summed E-state index contributed by atoms with van der Waals surface area (Å²) in [4.78, 5) is 34.0. The van der Waals surface area contributed by atoms with Crippen LogP contribution in [0.15, 0.2) is 59.2 Å². The van der Waals surface area contributed by atoms with Gasteiger partial charge in [0.25, 0.3) is 0 Å². The second kappa shape index (κ2) is 4.94. The summed E-state index contributed by atoms with van der Waals surface area (Å²) in [5.74, 6) is -2.88. The highest BCUT2D eigenvalue weighted by atomic mass is 16.5. The Hall–Kier alpha value is -3.00. The van der Waals surface area contributed by atoms with Crippen LogP contribution in [0.25, 0.3) is 0 Å². The van der Waals surface area contributed by atoms with Crippen molar-refractivity contribution in [1.29, 1.82) is 0 Å². The molecule has 0 aromatic carbocycles. The van der Waals surface area contributed by atoms with Gasteiger partial charge in [-0.05, 0) is 24.4 Å². The van der Waals surface area contributed by atoms with Gasteiger partial charge in [-0.2, -0.15) is 0 Å². The lowest BCUT2D eigenvalue weighted by Crippen LogP contribution is -2.25. The van der Waals surface area contributed by atoms with Crippen LogP contribution in [0.3, 0.4) is 0 Å². The Balaban J connectivity index is 2.73. The molecule has 0 unspecified atom stereocenters. The topological polar surface area (TPSA) is 121 Å². The summed E-state index contributed by atoms with van der Waals surface area (Å²) in [6.07, 6.45) is 6.59. The molecular weight excluding hydrogens is 268 g/mol. The maximum Gasteiger partial charge on any atom is 0.342 e. The fourth-order valence-electron chi connectivity index (χ4n) is 1.79. The van der Waals surface area contributed by atoms with Crippen LogP contribution in [0.2, 0.25) is 0 Å². The first kappa shape index (κ1) is 13.4. The van der Waals surface area contributed by atoms with Gasteiger partial charge in [0.2, 0.25) is 6.20 Å². The van der Waals surface area contributed by atoms with Crippen LogP contribution in [-0.4, -0.2) is 32.0 Å². The number of hydroxylamine groups is 2. The summed E-state index contributed by atoms with van der Waals surface area (Å²) >= 11 is 0. The highest BCUT2D eigenvalue weighted by Crippen LogP contribution is 2.29. The molecule has 0 bridgehead atoms. The van der Waals surface area contributed by atoms with Crippen LogP contribution < -0.4 is 0 Å². The number of carboxylic acid groups (broad SMARTS) is 2. The molecule has 0 radical (unpaired) electrons.